The van der Waals surface area contributed by atoms with E-state index in [0.29, 0.717) is 6.42 Å². The number of aliphatic hydroxyl groups excluding tert-OH is 9. The number of fused-ring (bicyclic) bond motifs is 7. The molecule has 57 heavy (non-hydrogen) atoms. The number of esters is 1. The molecule has 0 aromatic heterocycles. The fourth-order valence-corrected chi connectivity index (χ4v) is 13.7. The minimum absolute atomic E-state index is 0.0834. The molecule has 7 aliphatic rings. The average Bonchev–Trinajstić information content (AvgIpc) is 3.12. The van der Waals surface area contributed by atoms with Crippen LogP contribution in [-0.4, -0.2) is 143 Å². The number of rotatable bonds is 5. The van der Waals surface area contributed by atoms with Crippen LogP contribution in [0.15, 0.2) is 11.6 Å². The number of carbonyl (C=O) groups is 1. The van der Waals surface area contributed by atoms with Crippen molar-refractivity contribution in [2.45, 2.75) is 186 Å². The quantitative estimate of drug-likeness (QED) is 0.0790. The van der Waals surface area contributed by atoms with Crippen LogP contribution in [0.4, 0.5) is 0 Å². The van der Waals surface area contributed by atoms with Crippen molar-refractivity contribution < 1.29 is 74.8 Å². The highest BCUT2D eigenvalue weighted by Crippen LogP contribution is 2.76. The number of ether oxygens (including phenoxy) is 4. The van der Waals surface area contributed by atoms with Gasteiger partial charge in [-0.25, -0.2) is 4.79 Å². The van der Waals surface area contributed by atoms with Gasteiger partial charge in [-0.15, -0.1) is 0 Å². The third kappa shape index (κ3) is 6.35. The van der Waals surface area contributed by atoms with Gasteiger partial charge in [0.25, 0.3) is 0 Å². The van der Waals surface area contributed by atoms with E-state index in [1.54, 1.807) is 0 Å². The van der Waals surface area contributed by atoms with Crippen LogP contribution < -0.4 is 0 Å². The normalized spacial score (nSPS) is 55.6. The Balaban J connectivity index is 1.18. The van der Waals surface area contributed by atoms with Crippen molar-refractivity contribution in [3.8, 4) is 0 Å². The molecule has 326 valence electrons. The monoisotopic (exact) mass is 812 g/mol. The van der Waals surface area contributed by atoms with E-state index in [1.807, 2.05) is 13.8 Å². The molecule has 20 atom stereocenters. The van der Waals surface area contributed by atoms with Crippen molar-refractivity contribution >= 4 is 5.97 Å². The maximum atomic E-state index is 13.4. The second-order valence-corrected chi connectivity index (χ2v) is 21.3. The lowest BCUT2D eigenvalue weighted by molar-refractivity contribution is -0.472. The third-order valence-electron chi connectivity index (χ3n) is 17.3. The summed E-state index contributed by atoms with van der Waals surface area (Å²) in [5.74, 6) is -4.28. The van der Waals surface area contributed by atoms with Crippen LogP contribution >= 0.6 is 0 Å². The number of allylic oxidation sites excluding steroid dienone is 2. The predicted molar refractivity (Wildman–Crippen MR) is 200 cm³/mol. The molecule has 7 rings (SSSR count). The van der Waals surface area contributed by atoms with Crippen molar-refractivity contribution in [2.75, 3.05) is 6.61 Å². The Labute approximate surface area is 335 Å². The zero-order valence-electron chi connectivity index (χ0n) is 34.6. The molecule has 2 saturated heterocycles. The highest BCUT2D eigenvalue weighted by atomic mass is 16.9. The topological polar surface area (TPSA) is 256 Å². The van der Waals surface area contributed by atoms with Crippen LogP contribution in [0.2, 0.25) is 0 Å². The van der Waals surface area contributed by atoms with E-state index in [4.69, 9.17) is 18.9 Å². The van der Waals surface area contributed by atoms with Gasteiger partial charge in [-0.3, -0.25) is 0 Å². The molecule has 0 amide bonds. The van der Waals surface area contributed by atoms with Gasteiger partial charge in [0.15, 0.2) is 12.4 Å². The van der Waals surface area contributed by atoms with Crippen molar-refractivity contribution in [2.24, 2.45) is 50.2 Å². The largest absolute Gasteiger partial charge is 0.449 e. The Bertz CT molecular complexity index is 1590. The van der Waals surface area contributed by atoms with Gasteiger partial charge in [0.05, 0.1) is 24.9 Å². The second-order valence-electron chi connectivity index (χ2n) is 21.3. The first-order valence-corrected chi connectivity index (χ1v) is 20.9. The summed E-state index contributed by atoms with van der Waals surface area (Å²) >= 11 is 0. The summed E-state index contributed by atoms with van der Waals surface area (Å²) in [6.07, 6.45) is -12.2. The van der Waals surface area contributed by atoms with E-state index in [1.165, 1.54) is 5.57 Å². The van der Waals surface area contributed by atoms with Crippen LogP contribution in [-0.2, 0) is 23.7 Å². The Kier molecular flexibility index (Phi) is 10.8. The molecule has 4 saturated carbocycles. The number of hydrogen-bond acceptors (Lipinski definition) is 15. The lowest BCUT2D eigenvalue weighted by atomic mass is 9.33. The van der Waals surface area contributed by atoms with E-state index >= 15 is 0 Å². The number of hydrogen-bond donors (Lipinski definition) is 10. The summed E-state index contributed by atoms with van der Waals surface area (Å²) in [5, 5.41) is 109. The Morgan fingerprint density at radius 2 is 1.44 bits per heavy atom. The second kappa shape index (κ2) is 14.1. The Hall–Kier alpha value is -1.31. The standard InChI is InChI=1S/C42H68O15/c1-36(2)13-14-38(5)20(15-36)19-9-10-24-39(6)16-21(44)32(37(3,4)23(39)11-12-40(24,7)41(19,8)17-25(38)45)57-42(53)33(29(49)26(46)22(18-43)56-42)55-35(52)31-28(48)27(47)30(50)34(51)54-31/h9,20-34,43-51,53H,10-18H2,1-8H3/t20-,21-,22-,23?,24?,25-,26-,27+,28+,29+,30-,31+,32?,33-,34-,38+,39+,40-,41-,42+/m1/s1. The van der Waals surface area contributed by atoms with Gasteiger partial charge < -0.3 is 70.0 Å². The summed E-state index contributed by atoms with van der Waals surface area (Å²) < 4.78 is 22.3. The summed E-state index contributed by atoms with van der Waals surface area (Å²) in [7, 11) is 0. The molecular weight excluding hydrogens is 744 g/mol. The van der Waals surface area contributed by atoms with E-state index < -0.39 is 103 Å². The van der Waals surface area contributed by atoms with Gasteiger partial charge >= 0.3 is 11.9 Å². The first kappa shape index (κ1) is 43.8. The molecular formula is C42H68O15. The smallest absolute Gasteiger partial charge is 0.338 e. The minimum atomic E-state index is -3.08. The van der Waals surface area contributed by atoms with E-state index in [-0.39, 0.29) is 45.8 Å². The summed E-state index contributed by atoms with van der Waals surface area (Å²) in [6.45, 7) is 16.9. The van der Waals surface area contributed by atoms with Gasteiger partial charge in [-0.05, 0) is 96.2 Å². The predicted octanol–water partition coefficient (Wildman–Crippen LogP) is 0.606. The third-order valence-corrected chi connectivity index (χ3v) is 17.3. The minimum Gasteiger partial charge on any atom is -0.449 e. The lowest BCUT2D eigenvalue weighted by Gasteiger charge is -2.72. The number of carbonyl (C=O) groups excluding carboxylic acids is 1. The molecule has 10 N–H and O–H groups in total. The molecule has 5 aliphatic carbocycles. The Morgan fingerprint density at radius 3 is 2.09 bits per heavy atom. The zero-order chi connectivity index (χ0) is 42.2. The average molecular weight is 813 g/mol. The van der Waals surface area contributed by atoms with Gasteiger partial charge in [0, 0.05) is 5.41 Å². The summed E-state index contributed by atoms with van der Waals surface area (Å²) in [5.41, 5.74) is -0.357. The zero-order valence-corrected chi connectivity index (χ0v) is 34.6. The molecule has 6 fully saturated rings. The summed E-state index contributed by atoms with van der Waals surface area (Å²) in [4.78, 5) is 13.4. The van der Waals surface area contributed by atoms with Gasteiger partial charge in [-0.1, -0.05) is 67.0 Å². The van der Waals surface area contributed by atoms with E-state index in [2.05, 4.69) is 47.6 Å². The van der Waals surface area contributed by atoms with Crippen LogP contribution in [0.3, 0.4) is 0 Å². The van der Waals surface area contributed by atoms with Crippen LogP contribution in [0.25, 0.3) is 0 Å². The maximum Gasteiger partial charge on any atom is 0.338 e. The highest BCUT2D eigenvalue weighted by Gasteiger charge is 2.71. The molecule has 2 aliphatic heterocycles. The molecule has 0 radical (unpaired) electrons. The highest BCUT2D eigenvalue weighted by molar-refractivity contribution is 5.76. The van der Waals surface area contributed by atoms with Crippen molar-refractivity contribution in [3.05, 3.63) is 11.6 Å². The van der Waals surface area contributed by atoms with Crippen molar-refractivity contribution in [3.63, 3.8) is 0 Å². The van der Waals surface area contributed by atoms with Crippen molar-refractivity contribution in [1.29, 1.82) is 0 Å². The first-order chi connectivity index (χ1) is 26.2. The SMILES string of the molecule is CC1(C)CC[C@]2(C)[C@H](O)C[C@]3(C)C(=CCC4[C@@]5(C)C[C@@H](O)C(O[C@@]6(O)O[C@H](CO)[C@@H](O)[C@H](O)[C@H]6OC(=O)[C@H]6O[C@@H](O)[C@H](O)[C@@H](O)[C@@H]6O)C(C)(C)C5CC[C@]43C)[C@H]2C1. The molecule has 0 aromatic carbocycles. The van der Waals surface area contributed by atoms with Crippen LogP contribution in [0.5, 0.6) is 0 Å². The van der Waals surface area contributed by atoms with Crippen molar-refractivity contribution in [1.82, 2.24) is 0 Å². The van der Waals surface area contributed by atoms with E-state index in [0.717, 1.165) is 38.5 Å². The lowest BCUT2D eigenvalue weighted by Crippen LogP contribution is -2.72. The molecule has 3 unspecified atom stereocenters. The Morgan fingerprint density at radius 1 is 0.772 bits per heavy atom. The fourth-order valence-electron chi connectivity index (χ4n) is 13.7. The maximum absolute atomic E-state index is 13.4. The van der Waals surface area contributed by atoms with Crippen LogP contribution in [0.1, 0.15) is 107 Å². The molecule has 0 spiro atoms. The van der Waals surface area contributed by atoms with Gasteiger partial charge in [0.2, 0.25) is 6.10 Å². The van der Waals surface area contributed by atoms with E-state index in [9.17, 15) is 55.9 Å². The molecule has 0 aromatic rings. The van der Waals surface area contributed by atoms with Crippen LogP contribution in [0, 0.1) is 50.2 Å². The fraction of sp³-hybridized carbons (Fsp3) is 0.929. The molecule has 2 heterocycles. The molecule has 15 heteroatoms. The summed E-state index contributed by atoms with van der Waals surface area (Å²) in [6, 6.07) is 0. The number of aliphatic hydroxyl groups is 10. The molecule has 15 nitrogen and oxygen atoms in total. The van der Waals surface area contributed by atoms with Gasteiger partial charge in [-0.2, -0.15) is 0 Å². The first-order valence-electron chi connectivity index (χ1n) is 20.9. The molecule has 0 bridgehead atoms. The van der Waals surface area contributed by atoms with Gasteiger partial charge in [0.1, 0.15) is 36.6 Å².